The first-order valence-electron chi connectivity index (χ1n) is 11.3. The molecule has 0 radical (unpaired) electrons. The normalized spacial score (nSPS) is 29.3. The second-order valence-electron chi connectivity index (χ2n) is 9.67. The molecule has 2 aromatic carbocycles. The van der Waals surface area contributed by atoms with Crippen LogP contribution in [0.4, 0.5) is 5.69 Å². The predicted molar refractivity (Wildman–Crippen MR) is 118 cm³/mol. The standard InChI is InChI=1S/C26H29NO4/c1-17(30-25(29)26-14-18-11-19(15-26)13-20(12-18)16-26)24(28)27-21-7-9-23(10-8-21)31-22-5-3-2-4-6-22/h2-10,17-20H,11-16H2,1H3,(H,27,28). The molecule has 1 unspecified atom stereocenters. The summed E-state index contributed by atoms with van der Waals surface area (Å²) >= 11 is 0. The number of ether oxygens (including phenoxy) is 2. The number of rotatable bonds is 6. The van der Waals surface area contributed by atoms with Crippen LogP contribution in [0.2, 0.25) is 0 Å². The van der Waals surface area contributed by atoms with Crippen LogP contribution in [0.25, 0.3) is 0 Å². The highest BCUT2D eigenvalue weighted by Crippen LogP contribution is 2.60. The van der Waals surface area contributed by atoms with Crippen molar-refractivity contribution < 1.29 is 19.1 Å². The summed E-state index contributed by atoms with van der Waals surface area (Å²) in [6.45, 7) is 1.65. The molecular formula is C26H29NO4. The van der Waals surface area contributed by atoms with Gasteiger partial charge in [-0.15, -0.1) is 0 Å². The number of benzene rings is 2. The first-order valence-corrected chi connectivity index (χ1v) is 11.3. The van der Waals surface area contributed by atoms with E-state index in [4.69, 9.17) is 9.47 Å². The van der Waals surface area contributed by atoms with E-state index < -0.39 is 6.10 Å². The van der Waals surface area contributed by atoms with Gasteiger partial charge in [0.15, 0.2) is 6.10 Å². The summed E-state index contributed by atoms with van der Waals surface area (Å²) < 4.78 is 11.5. The maximum absolute atomic E-state index is 13.1. The average Bonchev–Trinajstić information content (AvgIpc) is 2.75. The van der Waals surface area contributed by atoms with Gasteiger partial charge in [-0.3, -0.25) is 9.59 Å². The van der Waals surface area contributed by atoms with Crippen molar-refractivity contribution >= 4 is 17.6 Å². The molecule has 4 aliphatic carbocycles. The minimum atomic E-state index is -0.819. The van der Waals surface area contributed by atoms with Crippen molar-refractivity contribution in [2.75, 3.05) is 5.32 Å². The minimum Gasteiger partial charge on any atom is -0.457 e. The maximum atomic E-state index is 13.1. The summed E-state index contributed by atoms with van der Waals surface area (Å²) in [6, 6.07) is 16.7. The summed E-state index contributed by atoms with van der Waals surface area (Å²) in [4.78, 5) is 25.7. The third kappa shape index (κ3) is 4.18. The molecule has 1 atom stereocenters. The molecule has 1 N–H and O–H groups in total. The van der Waals surface area contributed by atoms with Crippen molar-refractivity contribution in [1.29, 1.82) is 0 Å². The monoisotopic (exact) mass is 419 g/mol. The number of nitrogens with one attached hydrogen (secondary N) is 1. The van der Waals surface area contributed by atoms with Crippen LogP contribution in [0, 0.1) is 23.2 Å². The fraction of sp³-hybridized carbons (Fsp3) is 0.462. The summed E-state index contributed by atoms with van der Waals surface area (Å²) in [6.07, 6.45) is 5.81. The van der Waals surface area contributed by atoms with Gasteiger partial charge in [0, 0.05) is 5.69 Å². The highest BCUT2D eigenvalue weighted by Gasteiger charge is 2.55. The lowest BCUT2D eigenvalue weighted by atomic mass is 9.49. The molecule has 0 saturated heterocycles. The Bertz CT molecular complexity index is 918. The van der Waals surface area contributed by atoms with Crippen LogP contribution in [-0.4, -0.2) is 18.0 Å². The Kier molecular flexibility index (Phi) is 5.20. The van der Waals surface area contributed by atoms with Gasteiger partial charge in [-0.05, 0) is 99.6 Å². The molecule has 4 bridgehead atoms. The zero-order chi connectivity index (χ0) is 21.4. The van der Waals surface area contributed by atoms with Crippen molar-refractivity contribution in [1.82, 2.24) is 0 Å². The molecule has 0 heterocycles. The lowest BCUT2D eigenvalue weighted by molar-refractivity contribution is -0.177. The molecule has 2 aromatic rings. The summed E-state index contributed by atoms with van der Waals surface area (Å²) in [5.41, 5.74) is 0.294. The lowest BCUT2D eigenvalue weighted by Gasteiger charge is -2.55. The molecule has 5 nitrogen and oxygen atoms in total. The van der Waals surface area contributed by atoms with Crippen LogP contribution in [-0.2, 0) is 14.3 Å². The smallest absolute Gasteiger partial charge is 0.312 e. The van der Waals surface area contributed by atoms with E-state index in [1.165, 1.54) is 19.3 Å². The third-order valence-corrected chi connectivity index (χ3v) is 7.23. The van der Waals surface area contributed by atoms with Gasteiger partial charge >= 0.3 is 5.97 Å². The number of esters is 1. The SMILES string of the molecule is CC(OC(=O)C12CC3CC(CC(C3)C1)C2)C(=O)Nc1ccc(Oc2ccccc2)cc1. The average molecular weight is 420 g/mol. The van der Waals surface area contributed by atoms with Crippen molar-refractivity contribution in [3.8, 4) is 11.5 Å². The summed E-state index contributed by atoms with van der Waals surface area (Å²) in [5, 5.41) is 2.84. The number of hydrogen-bond acceptors (Lipinski definition) is 4. The Hall–Kier alpha value is -2.82. The van der Waals surface area contributed by atoms with Crippen LogP contribution in [0.1, 0.15) is 45.4 Å². The van der Waals surface area contributed by atoms with Gasteiger partial charge in [0.2, 0.25) is 0 Å². The van der Waals surface area contributed by atoms with Gasteiger partial charge < -0.3 is 14.8 Å². The molecule has 1 amide bonds. The van der Waals surface area contributed by atoms with E-state index in [1.807, 2.05) is 30.3 Å². The number of carbonyl (C=O) groups excluding carboxylic acids is 2. The summed E-state index contributed by atoms with van der Waals surface area (Å²) in [5.74, 6) is 2.96. The van der Waals surface area contributed by atoms with Gasteiger partial charge in [-0.25, -0.2) is 0 Å². The highest BCUT2D eigenvalue weighted by molar-refractivity contribution is 5.95. The van der Waals surface area contributed by atoms with Crippen molar-refractivity contribution in [2.45, 2.75) is 51.6 Å². The fourth-order valence-electron chi connectivity index (χ4n) is 6.17. The zero-order valence-corrected chi connectivity index (χ0v) is 17.9. The predicted octanol–water partition coefficient (Wildman–Crippen LogP) is 5.57. The van der Waals surface area contributed by atoms with E-state index in [1.54, 1.807) is 31.2 Å². The van der Waals surface area contributed by atoms with E-state index in [2.05, 4.69) is 5.32 Å². The zero-order valence-electron chi connectivity index (χ0n) is 17.9. The Morgan fingerprint density at radius 1 is 0.871 bits per heavy atom. The molecule has 0 spiro atoms. The number of carbonyl (C=O) groups is 2. The quantitative estimate of drug-likeness (QED) is 0.622. The Balaban J connectivity index is 1.17. The Morgan fingerprint density at radius 3 is 2.00 bits per heavy atom. The number of anilines is 1. The van der Waals surface area contributed by atoms with Gasteiger partial charge in [0.05, 0.1) is 5.41 Å². The van der Waals surface area contributed by atoms with Gasteiger partial charge in [-0.2, -0.15) is 0 Å². The molecule has 0 aliphatic heterocycles. The van der Waals surface area contributed by atoms with Crippen LogP contribution in [0.15, 0.2) is 54.6 Å². The number of hydrogen-bond donors (Lipinski definition) is 1. The molecule has 4 aliphatic rings. The number of amides is 1. The third-order valence-electron chi connectivity index (χ3n) is 7.23. The molecule has 5 heteroatoms. The fourth-order valence-corrected chi connectivity index (χ4v) is 6.17. The van der Waals surface area contributed by atoms with Gasteiger partial charge in [-0.1, -0.05) is 18.2 Å². The van der Waals surface area contributed by atoms with Crippen molar-refractivity contribution in [3.63, 3.8) is 0 Å². The molecular weight excluding hydrogens is 390 g/mol. The van der Waals surface area contributed by atoms with Gasteiger partial charge in [0.25, 0.3) is 5.91 Å². The highest BCUT2D eigenvalue weighted by atomic mass is 16.5. The molecule has 4 fully saturated rings. The second-order valence-corrected chi connectivity index (χ2v) is 9.67. The van der Waals surface area contributed by atoms with E-state index in [-0.39, 0.29) is 17.3 Å². The molecule has 0 aromatic heterocycles. The van der Waals surface area contributed by atoms with E-state index in [0.717, 1.165) is 25.0 Å². The molecule has 162 valence electrons. The Labute approximate surface area is 183 Å². The molecule has 31 heavy (non-hydrogen) atoms. The lowest BCUT2D eigenvalue weighted by Crippen LogP contribution is -2.51. The largest absolute Gasteiger partial charge is 0.457 e. The maximum Gasteiger partial charge on any atom is 0.312 e. The molecule has 6 rings (SSSR count). The topological polar surface area (TPSA) is 64.6 Å². The van der Waals surface area contributed by atoms with Crippen LogP contribution >= 0.6 is 0 Å². The molecule has 4 saturated carbocycles. The summed E-state index contributed by atoms with van der Waals surface area (Å²) in [7, 11) is 0. The second kappa shape index (κ2) is 8.03. The van der Waals surface area contributed by atoms with E-state index in [0.29, 0.717) is 29.2 Å². The van der Waals surface area contributed by atoms with E-state index in [9.17, 15) is 9.59 Å². The van der Waals surface area contributed by atoms with Crippen LogP contribution in [0.5, 0.6) is 11.5 Å². The van der Waals surface area contributed by atoms with Crippen molar-refractivity contribution in [3.05, 3.63) is 54.6 Å². The first-order chi connectivity index (χ1) is 15.0. The number of para-hydroxylation sites is 1. The van der Waals surface area contributed by atoms with E-state index >= 15 is 0 Å². The Morgan fingerprint density at radius 2 is 1.42 bits per heavy atom. The van der Waals surface area contributed by atoms with Crippen LogP contribution in [0.3, 0.4) is 0 Å². The van der Waals surface area contributed by atoms with Gasteiger partial charge in [0.1, 0.15) is 11.5 Å². The van der Waals surface area contributed by atoms with Crippen LogP contribution < -0.4 is 10.1 Å². The first kappa shape index (κ1) is 20.1. The minimum absolute atomic E-state index is 0.166. The van der Waals surface area contributed by atoms with Crippen molar-refractivity contribution in [2.24, 2.45) is 23.2 Å².